The van der Waals surface area contributed by atoms with Crippen LogP contribution in [0.1, 0.15) is 27.8 Å². The van der Waals surface area contributed by atoms with E-state index in [1.54, 1.807) is 7.05 Å². The van der Waals surface area contributed by atoms with E-state index in [0.717, 1.165) is 22.4 Å². The van der Waals surface area contributed by atoms with E-state index in [-0.39, 0.29) is 5.69 Å². The zero-order valence-corrected chi connectivity index (χ0v) is 18.5. The first-order valence-corrected chi connectivity index (χ1v) is 10.2. The van der Waals surface area contributed by atoms with E-state index in [4.69, 9.17) is 4.74 Å². The molecule has 6 nitrogen and oxygen atoms in total. The second-order valence-electron chi connectivity index (χ2n) is 7.96. The lowest BCUT2D eigenvalue weighted by Gasteiger charge is -2.15. The lowest BCUT2D eigenvalue weighted by Crippen LogP contribution is -2.23. The molecule has 0 aliphatic heterocycles. The number of aromatic nitrogens is 4. The Kier molecular flexibility index (Phi) is 5.46. The van der Waals surface area contributed by atoms with Gasteiger partial charge in [-0.25, -0.2) is 4.79 Å². The molecule has 4 aromatic rings. The third kappa shape index (κ3) is 4.01. The summed E-state index contributed by atoms with van der Waals surface area (Å²) >= 11 is 0. The van der Waals surface area contributed by atoms with Gasteiger partial charge in [-0.2, -0.15) is 9.36 Å². The Morgan fingerprint density at radius 2 is 1.68 bits per heavy atom. The predicted molar refractivity (Wildman–Crippen MR) is 122 cm³/mol. The van der Waals surface area contributed by atoms with Crippen LogP contribution in [0, 0.1) is 27.7 Å². The highest BCUT2D eigenvalue weighted by molar-refractivity contribution is 5.69. The van der Waals surface area contributed by atoms with E-state index in [1.165, 1.54) is 31.6 Å². The van der Waals surface area contributed by atoms with Crippen LogP contribution in [-0.2, 0) is 13.7 Å². The molecule has 158 valence electrons. The Morgan fingerprint density at radius 3 is 2.35 bits per heavy atom. The maximum Gasteiger partial charge on any atom is 0.368 e. The fourth-order valence-corrected chi connectivity index (χ4v) is 3.80. The Morgan fingerprint density at radius 1 is 0.871 bits per heavy atom. The molecule has 0 amide bonds. The van der Waals surface area contributed by atoms with Gasteiger partial charge in [0.1, 0.15) is 12.4 Å². The van der Waals surface area contributed by atoms with Crippen molar-refractivity contribution in [3.05, 3.63) is 92.9 Å². The van der Waals surface area contributed by atoms with E-state index < -0.39 is 0 Å². The first kappa shape index (κ1) is 20.6. The van der Waals surface area contributed by atoms with E-state index in [9.17, 15) is 4.79 Å². The molecule has 0 aliphatic carbocycles. The topological polar surface area (TPSA) is 61.9 Å². The van der Waals surface area contributed by atoms with Crippen LogP contribution in [0.15, 0.2) is 59.4 Å². The number of ether oxygens (including phenoxy) is 1. The van der Waals surface area contributed by atoms with Gasteiger partial charge in [-0.3, -0.25) is 0 Å². The third-order valence-corrected chi connectivity index (χ3v) is 5.58. The fourth-order valence-electron chi connectivity index (χ4n) is 3.80. The molecule has 0 unspecified atom stereocenters. The quantitative estimate of drug-likeness (QED) is 0.484. The van der Waals surface area contributed by atoms with Crippen molar-refractivity contribution < 1.29 is 4.74 Å². The predicted octanol–water partition coefficient (Wildman–Crippen LogP) is 4.45. The molecule has 0 atom stereocenters. The zero-order chi connectivity index (χ0) is 22.1. The van der Waals surface area contributed by atoms with E-state index in [0.29, 0.717) is 12.3 Å². The minimum atomic E-state index is -0.291. The molecule has 0 aliphatic rings. The van der Waals surface area contributed by atoms with E-state index in [1.807, 2.05) is 38.1 Å². The summed E-state index contributed by atoms with van der Waals surface area (Å²) in [4.78, 5) is 12.3. The maximum atomic E-state index is 12.3. The highest BCUT2D eigenvalue weighted by Crippen LogP contribution is 2.30. The van der Waals surface area contributed by atoms with Gasteiger partial charge in [-0.15, -0.1) is 0 Å². The van der Waals surface area contributed by atoms with Gasteiger partial charge in [0.15, 0.2) is 0 Å². The maximum absolute atomic E-state index is 12.3. The van der Waals surface area contributed by atoms with Gasteiger partial charge in [0.25, 0.3) is 0 Å². The number of hydrogen-bond donors (Lipinski definition) is 0. The number of benzene rings is 3. The lowest BCUT2D eigenvalue weighted by atomic mass is 9.97. The van der Waals surface area contributed by atoms with Gasteiger partial charge < -0.3 is 4.74 Å². The van der Waals surface area contributed by atoms with Crippen LogP contribution in [0.25, 0.3) is 16.8 Å². The number of nitrogens with zero attached hydrogens (tertiary/aromatic N) is 4. The molecule has 0 saturated heterocycles. The summed E-state index contributed by atoms with van der Waals surface area (Å²) in [5.74, 6) is 0.814. The molecular formula is C25H26N4O2. The van der Waals surface area contributed by atoms with Crippen LogP contribution < -0.4 is 10.4 Å². The summed E-state index contributed by atoms with van der Waals surface area (Å²) < 4.78 is 8.70. The summed E-state index contributed by atoms with van der Waals surface area (Å²) in [5.41, 5.74) is 8.30. The van der Waals surface area contributed by atoms with Crippen LogP contribution in [-0.4, -0.2) is 19.8 Å². The molecule has 1 aromatic heterocycles. The number of hydrogen-bond acceptors (Lipinski definition) is 4. The number of aryl methyl sites for hydroxylation is 5. The van der Waals surface area contributed by atoms with Gasteiger partial charge in [0.2, 0.25) is 0 Å². The summed E-state index contributed by atoms with van der Waals surface area (Å²) in [6.45, 7) is 8.62. The lowest BCUT2D eigenvalue weighted by molar-refractivity contribution is 0.302. The Bertz CT molecular complexity index is 1320. The monoisotopic (exact) mass is 414 g/mol. The molecule has 0 fully saturated rings. The van der Waals surface area contributed by atoms with E-state index >= 15 is 0 Å². The van der Waals surface area contributed by atoms with Crippen molar-refractivity contribution in [2.45, 2.75) is 34.3 Å². The van der Waals surface area contributed by atoms with Crippen molar-refractivity contribution in [3.63, 3.8) is 0 Å². The standard InChI is InChI=1S/C25H26N4O2/c1-16-9-11-21(18(3)13-16)20-10-12-24(19(4)14-20)31-15-22-17(2)7-6-8-23(22)29-25(30)28(5)26-27-29/h6-14H,15H2,1-5H3. The number of tetrazole rings is 1. The summed E-state index contributed by atoms with van der Waals surface area (Å²) in [7, 11) is 1.58. The molecule has 0 radical (unpaired) electrons. The molecule has 0 bridgehead atoms. The van der Waals surface area contributed by atoms with Crippen molar-refractivity contribution in [3.8, 4) is 22.6 Å². The average molecular weight is 415 g/mol. The molecule has 3 aromatic carbocycles. The van der Waals surface area contributed by atoms with Crippen LogP contribution in [0.2, 0.25) is 0 Å². The summed E-state index contributed by atoms with van der Waals surface area (Å²) in [5, 5.41) is 7.80. The highest BCUT2D eigenvalue weighted by Gasteiger charge is 2.14. The van der Waals surface area contributed by atoms with Crippen LogP contribution in [0.3, 0.4) is 0 Å². The fraction of sp³-hybridized carbons (Fsp3) is 0.240. The minimum Gasteiger partial charge on any atom is -0.489 e. The van der Waals surface area contributed by atoms with Crippen molar-refractivity contribution >= 4 is 0 Å². The van der Waals surface area contributed by atoms with Crippen LogP contribution in [0.4, 0.5) is 0 Å². The third-order valence-electron chi connectivity index (χ3n) is 5.58. The summed E-state index contributed by atoms with van der Waals surface area (Å²) in [6, 6.07) is 18.5. The molecule has 4 rings (SSSR count). The normalized spacial score (nSPS) is 11.0. The first-order valence-electron chi connectivity index (χ1n) is 10.2. The van der Waals surface area contributed by atoms with Crippen LogP contribution in [0.5, 0.6) is 5.75 Å². The van der Waals surface area contributed by atoms with Gasteiger partial charge in [0, 0.05) is 12.6 Å². The molecule has 0 N–H and O–H groups in total. The second-order valence-corrected chi connectivity index (χ2v) is 7.96. The highest BCUT2D eigenvalue weighted by atomic mass is 16.5. The van der Waals surface area contributed by atoms with Crippen molar-refractivity contribution in [1.82, 2.24) is 19.8 Å². The molecule has 6 heteroatoms. The SMILES string of the molecule is Cc1ccc(-c2ccc(OCc3c(C)cccc3-n3nnn(C)c3=O)c(C)c2)c(C)c1. The van der Waals surface area contributed by atoms with Crippen molar-refractivity contribution in [1.29, 1.82) is 0 Å². The van der Waals surface area contributed by atoms with Crippen molar-refractivity contribution in [2.75, 3.05) is 0 Å². The Hall–Kier alpha value is -3.67. The second kappa shape index (κ2) is 8.22. The van der Waals surface area contributed by atoms with Crippen LogP contribution >= 0.6 is 0 Å². The summed E-state index contributed by atoms with van der Waals surface area (Å²) in [6.07, 6.45) is 0. The smallest absolute Gasteiger partial charge is 0.368 e. The Labute approximate surface area is 181 Å². The largest absolute Gasteiger partial charge is 0.489 e. The van der Waals surface area contributed by atoms with E-state index in [2.05, 4.69) is 54.6 Å². The first-order chi connectivity index (χ1) is 14.8. The van der Waals surface area contributed by atoms with Gasteiger partial charge in [-0.05, 0) is 84.1 Å². The molecule has 31 heavy (non-hydrogen) atoms. The number of rotatable bonds is 5. The van der Waals surface area contributed by atoms with Gasteiger partial charge >= 0.3 is 5.69 Å². The molecule has 0 spiro atoms. The minimum absolute atomic E-state index is 0.291. The molecule has 0 saturated carbocycles. The molecule has 1 heterocycles. The van der Waals surface area contributed by atoms with Crippen molar-refractivity contribution in [2.24, 2.45) is 7.05 Å². The zero-order valence-electron chi connectivity index (χ0n) is 18.5. The van der Waals surface area contributed by atoms with Gasteiger partial charge in [-0.1, -0.05) is 42.0 Å². The Balaban J connectivity index is 1.62. The average Bonchev–Trinajstić information content (AvgIpc) is 3.06. The molecular weight excluding hydrogens is 388 g/mol. The van der Waals surface area contributed by atoms with Gasteiger partial charge in [0.05, 0.1) is 5.69 Å².